The summed E-state index contributed by atoms with van der Waals surface area (Å²) in [5, 5.41) is 16.2. The van der Waals surface area contributed by atoms with E-state index in [0.717, 1.165) is 32.4 Å². The smallest absolute Gasteiger partial charge is 0.227 e. The van der Waals surface area contributed by atoms with Crippen molar-refractivity contribution in [1.82, 2.24) is 20.2 Å². The van der Waals surface area contributed by atoms with Gasteiger partial charge < -0.3 is 10.6 Å². The van der Waals surface area contributed by atoms with Crippen LogP contribution in [-0.2, 0) is 6.42 Å². The number of hydrogen-bond donors (Lipinski definition) is 2. The summed E-state index contributed by atoms with van der Waals surface area (Å²) in [5.41, 5.74) is 8.60. The van der Waals surface area contributed by atoms with Crippen LogP contribution in [0.25, 0.3) is 0 Å². The Hall–Kier alpha value is -2.62. The molecular weight excluding hydrogens is 278 g/mol. The Morgan fingerprint density at radius 2 is 2.36 bits per heavy atom. The van der Waals surface area contributed by atoms with E-state index in [0.29, 0.717) is 17.4 Å². The number of aromatic amines is 1. The molecule has 0 amide bonds. The monoisotopic (exact) mass is 297 g/mol. The third-order valence-electron chi connectivity index (χ3n) is 4.17. The third kappa shape index (κ3) is 2.60. The molecule has 1 saturated heterocycles. The molecule has 0 radical (unpaired) electrons. The maximum atomic E-state index is 8.91. The first-order chi connectivity index (χ1) is 10.7. The lowest BCUT2D eigenvalue weighted by Gasteiger charge is -2.32. The van der Waals surface area contributed by atoms with Gasteiger partial charge in [0.1, 0.15) is 17.5 Å². The van der Waals surface area contributed by atoms with Crippen LogP contribution in [-0.4, -0.2) is 33.3 Å². The van der Waals surface area contributed by atoms with E-state index in [2.05, 4.69) is 32.0 Å². The summed E-state index contributed by atoms with van der Waals surface area (Å²) in [4.78, 5) is 10.7. The van der Waals surface area contributed by atoms with Crippen LogP contribution in [0.1, 0.15) is 42.5 Å². The van der Waals surface area contributed by atoms with E-state index in [9.17, 15) is 0 Å². The van der Waals surface area contributed by atoms with E-state index in [-0.39, 0.29) is 5.82 Å². The summed E-state index contributed by atoms with van der Waals surface area (Å²) in [6, 6.07) is 1.99. The van der Waals surface area contributed by atoms with Crippen molar-refractivity contribution in [2.24, 2.45) is 0 Å². The summed E-state index contributed by atoms with van der Waals surface area (Å²) < 4.78 is 0. The summed E-state index contributed by atoms with van der Waals surface area (Å²) >= 11 is 0. The molecule has 0 spiro atoms. The van der Waals surface area contributed by atoms with Crippen molar-refractivity contribution in [3.63, 3.8) is 0 Å². The molecule has 7 heteroatoms. The van der Waals surface area contributed by atoms with Crippen LogP contribution in [0.3, 0.4) is 0 Å². The summed E-state index contributed by atoms with van der Waals surface area (Å²) in [7, 11) is 0. The molecule has 0 saturated carbocycles. The number of nitriles is 1. The molecule has 0 aromatic carbocycles. The molecule has 1 aliphatic rings. The van der Waals surface area contributed by atoms with Crippen molar-refractivity contribution in [2.75, 3.05) is 23.7 Å². The van der Waals surface area contributed by atoms with Gasteiger partial charge in [-0.15, -0.1) is 0 Å². The predicted octanol–water partition coefficient (Wildman–Crippen LogP) is 1.60. The number of piperidine rings is 1. The second kappa shape index (κ2) is 6.02. The van der Waals surface area contributed by atoms with Crippen molar-refractivity contribution in [3.05, 3.63) is 29.2 Å². The van der Waals surface area contributed by atoms with Gasteiger partial charge in [-0.05, 0) is 24.8 Å². The standard InChI is InChI=1S/C15H19N7/c1-2-10-8-19-21-13(10)11-4-3-5-22(9-11)15-18-7-12(6-16)14(17)20-15/h7-8,11H,2-5,9H2,1H3,(H,19,21)(H2,17,18,20)/t11-/m0/s1. The average molecular weight is 297 g/mol. The lowest BCUT2D eigenvalue weighted by molar-refractivity contribution is 0.492. The SMILES string of the molecule is CCc1cn[nH]c1[C@H]1CCCN(c2ncc(C#N)c(N)n2)C1. The Kier molecular flexibility index (Phi) is 3.92. The number of H-pyrrole nitrogens is 1. The van der Waals surface area contributed by atoms with Gasteiger partial charge in [-0.2, -0.15) is 15.3 Å². The molecule has 7 nitrogen and oxygen atoms in total. The van der Waals surface area contributed by atoms with Crippen molar-refractivity contribution in [2.45, 2.75) is 32.1 Å². The molecule has 22 heavy (non-hydrogen) atoms. The fraction of sp³-hybridized carbons (Fsp3) is 0.467. The van der Waals surface area contributed by atoms with Crippen molar-refractivity contribution < 1.29 is 0 Å². The molecule has 2 aromatic heterocycles. The molecule has 0 unspecified atom stereocenters. The molecule has 3 rings (SSSR count). The second-order valence-electron chi connectivity index (χ2n) is 5.53. The average Bonchev–Trinajstić information content (AvgIpc) is 3.03. The first-order valence-corrected chi connectivity index (χ1v) is 7.52. The minimum Gasteiger partial charge on any atom is -0.382 e. The van der Waals surface area contributed by atoms with Gasteiger partial charge >= 0.3 is 0 Å². The normalized spacial score (nSPS) is 18.2. The van der Waals surface area contributed by atoms with Gasteiger partial charge in [0, 0.05) is 24.7 Å². The summed E-state index contributed by atoms with van der Waals surface area (Å²) in [6.45, 7) is 3.87. The third-order valence-corrected chi connectivity index (χ3v) is 4.17. The zero-order chi connectivity index (χ0) is 15.5. The number of nitrogens with zero attached hydrogens (tertiary/aromatic N) is 5. The van der Waals surface area contributed by atoms with Crippen LogP contribution in [0.15, 0.2) is 12.4 Å². The molecule has 0 aliphatic carbocycles. The predicted molar refractivity (Wildman–Crippen MR) is 83.3 cm³/mol. The topological polar surface area (TPSA) is 108 Å². The van der Waals surface area contributed by atoms with Gasteiger partial charge in [0.05, 0.1) is 12.4 Å². The number of rotatable bonds is 3. The minimum atomic E-state index is 0.241. The first kappa shape index (κ1) is 14.3. The number of aromatic nitrogens is 4. The number of nitrogens with one attached hydrogen (secondary N) is 1. The molecule has 3 heterocycles. The molecule has 114 valence electrons. The number of hydrogen-bond acceptors (Lipinski definition) is 6. The number of nitrogen functional groups attached to an aromatic ring is 1. The van der Waals surface area contributed by atoms with E-state index < -0.39 is 0 Å². The van der Waals surface area contributed by atoms with Crippen LogP contribution < -0.4 is 10.6 Å². The molecule has 1 atom stereocenters. The minimum absolute atomic E-state index is 0.241. The zero-order valence-electron chi connectivity index (χ0n) is 12.6. The molecular formula is C15H19N7. The van der Waals surface area contributed by atoms with Gasteiger partial charge in [0.15, 0.2) is 0 Å². The highest BCUT2D eigenvalue weighted by molar-refractivity contribution is 5.50. The Balaban J connectivity index is 1.81. The largest absolute Gasteiger partial charge is 0.382 e. The fourth-order valence-electron chi connectivity index (χ4n) is 2.97. The quantitative estimate of drug-likeness (QED) is 0.891. The lowest BCUT2D eigenvalue weighted by Crippen LogP contribution is -2.36. The van der Waals surface area contributed by atoms with Crippen LogP contribution >= 0.6 is 0 Å². The van der Waals surface area contributed by atoms with Crippen LogP contribution in [0.2, 0.25) is 0 Å². The highest BCUT2D eigenvalue weighted by Gasteiger charge is 2.26. The van der Waals surface area contributed by atoms with Crippen LogP contribution in [0, 0.1) is 11.3 Å². The van der Waals surface area contributed by atoms with E-state index in [4.69, 9.17) is 11.0 Å². The van der Waals surface area contributed by atoms with Crippen molar-refractivity contribution in [1.29, 1.82) is 5.26 Å². The van der Waals surface area contributed by atoms with Crippen LogP contribution in [0.4, 0.5) is 11.8 Å². The Bertz CT molecular complexity index is 700. The Labute approximate surface area is 129 Å². The molecule has 3 N–H and O–H groups in total. The maximum Gasteiger partial charge on any atom is 0.227 e. The highest BCUT2D eigenvalue weighted by Crippen LogP contribution is 2.29. The van der Waals surface area contributed by atoms with Gasteiger partial charge in [-0.25, -0.2) is 4.98 Å². The van der Waals surface area contributed by atoms with Crippen molar-refractivity contribution >= 4 is 11.8 Å². The van der Waals surface area contributed by atoms with Crippen molar-refractivity contribution in [3.8, 4) is 6.07 Å². The highest BCUT2D eigenvalue weighted by atomic mass is 15.3. The molecule has 0 bridgehead atoms. The van der Waals surface area contributed by atoms with Gasteiger partial charge in [-0.3, -0.25) is 5.10 Å². The van der Waals surface area contributed by atoms with E-state index in [1.807, 2.05) is 12.3 Å². The Morgan fingerprint density at radius 3 is 3.09 bits per heavy atom. The fourth-order valence-corrected chi connectivity index (χ4v) is 2.97. The van der Waals surface area contributed by atoms with Crippen LogP contribution in [0.5, 0.6) is 0 Å². The summed E-state index contributed by atoms with van der Waals surface area (Å²) in [6.07, 6.45) is 6.57. The Morgan fingerprint density at radius 1 is 1.50 bits per heavy atom. The van der Waals surface area contributed by atoms with E-state index in [1.54, 1.807) is 0 Å². The molecule has 1 aliphatic heterocycles. The van der Waals surface area contributed by atoms with E-state index >= 15 is 0 Å². The number of nitrogens with two attached hydrogens (primary N) is 1. The molecule has 2 aromatic rings. The first-order valence-electron chi connectivity index (χ1n) is 7.52. The van der Waals surface area contributed by atoms with Gasteiger partial charge in [0.25, 0.3) is 0 Å². The number of aryl methyl sites for hydroxylation is 1. The van der Waals surface area contributed by atoms with E-state index in [1.165, 1.54) is 17.5 Å². The number of anilines is 2. The molecule has 1 fully saturated rings. The second-order valence-corrected chi connectivity index (χ2v) is 5.53. The zero-order valence-corrected chi connectivity index (χ0v) is 12.6. The maximum absolute atomic E-state index is 8.91. The summed E-state index contributed by atoms with van der Waals surface area (Å²) in [5.74, 6) is 1.23. The van der Waals surface area contributed by atoms with Gasteiger partial charge in [0.2, 0.25) is 5.95 Å². The lowest BCUT2D eigenvalue weighted by atomic mass is 9.92. The van der Waals surface area contributed by atoms with Gasteiger partial charge in [-0.1, -0.05) is 6.92 Å².